The molecule has 0 unspecified atom stereocenters. The number of imidazole rings is 1. The van der Waals surface area contributed by atoms with E-state index in [1.807, 2.05) is 23.1 Å². The normalized spacial score (nSPS) is 18.3. The second kappa shape index (κ2) is 10.0. The van der Waals surface area contributed by atoms with E-state index in [1.165, 1.54) is 0 Å². The van der Waals surface area contributed by atoms with Crippen molar-refractivity contribution in [2.45, 2.75) is 26.2 Å². The zero-order valence-corrected chi connectivity index (χ0v) is 21.6. The largest absolute Gasteiger partial charge is 0.481 e. The van der Waals surface area contributed by atoms with E-state index < -0.39 is 0 Å². The molecule has 3 aromatic rings. The van der Waals surface area contributed by atoms with Crippen molar-refractivity contribution in [1.29, 1.82) is 0 Å². The van der Waals surface area contributed by atoms with Crippen molar-refractivity contribution in [3.8, 4) is 17.1 Å². The van der Waals surface area contributed by atoms with Crippen LogP contribution in [0.1, 0.15) is 24.1 Å². The molecule has 3 aliphatic rings. The number of carbonyl (C=O) groups excluding carboxylic acids is 1. The van der Waals surface area contributed by atoms with Gasteiger partial charge in [0.2, 0.25) is 17.7 Å². The van der Waals surface area contributed by atoms with Crippen LogP contribution in [0.3, 0.4) is 0 Å². The number of rotatable bonds is 4. The van der Waals surface area contributed by atoms with Gasteiger partial charge in [-0.1, -0.05) is 17.7 Å². The van der Waals surface area contributed by atoms with E-state index in [2.05, 4.69) is 44.9 Å². The maximum atomic E-state index is 13.9. The number of methoxy groups -OCH3 is 1. The summed E-state index contributed by atoms with van der Waals surface area (Å²) in [5.74, 6) is 2.62. The molecule has 2 saturated heterocycles. The maximum absolute atomic E-state index is 13.9. The number of aryl methyl sites for hydroxylation is 1. The van der Waals surface area contributed by atoms with Gasteiger partial charge in [-0.3, -0.25) is 4.79 Å². The molecule has 0 aliphatic carbocycles. The molecule has 9 heteroatoms. The standard InChI is InChI=1S/C28H34N6O3/c1-19-6-7-23-21(18-19)26-22(29-28(31-26)33-14-16-37-17-15-33)10-13-34(23)27(35)20-8-11-32(12-9-20)24-4-3-5-25(30-24)36-2/h3-7,18,20H,8-17H2,1-2H3,(H,29,31). The van der Waals surface area contributed by atoms with Crippen LogP contribution in [-0.4, -0.2) is 73.9 Å². The second-order valence-electron chi connectivity index (χ2n) is 10.0. The molecular formula is C28H34N6O3. The highest BCUT2D eigenvalue weighted by Crippen LogP contribution is 2.38. The molecule has 37 heavy (non-hydrogen) atoms. The van der Waals surface area contributed by atoms with Gasteiger partial charge in [0.15, 0.2) is 0 Å². The number of pyridine rings is 1. The lowest BCUT2D eigenvalue weighted by Crippen LogP contribution is -2.43. The highest BCUT2D eigenvalue weighted by atomic mass is 16.5. The van der Waals surface area contributed by atoms with Crippen molar-refractivity contribution < 1.29 is 14.3 Å². The number of hydrogen-bond donors (Lipinski definition) is 1. The van der Waals surface area contributed by atoms with Gasteiger partial charge < -0.3 is 29.2 Å². The van der Waals surface area contributed by atoms with E-state index >= 15 is 0 Å². The lowest BCUT2D eigenvalue weighted by atomic mass is 9.94. The third-order valence-corrected chi connectivity index (χ3v) is 7.71. The summed E-state index contributed by atoms with van der Waals surface area (Å²) in [6, 6.07) is 12.2. The van der Waals surface area contributed by atoms with E-state index in [0.717, 1.165) is 98.6 Å². The van der Waals surface area contributed by atoms with E-state index in [0.29, 0.717) is 12.4 Å². The Kier molecular flexibility index (Phi) is 6.46. The molecule has 6 rings (SSSR count). The van der Waals surface area contributed by atoms with Crippen LogP contribution in [-0.2, 0) is 16.0 Å². The van der Waals surface area contributed by atoms with E-state index in [9.17, 15) is 4.79 Å². The van der Waals surface area contributed by atoms with E-state index in [-0.39, 0.29) is 11.8 Å². The Morgan fingerprint density at radius 1 is 1.03 bits per heavy atom. The summed E-state index contributed by atoms with van der Waals surface area (Å²) < 4.78 is 10.8. The summed E-state index contributed by atoms with van der Waals surface area (Å²) in [5, 5.41) is 0. The molecule has 0 saturated carbocycles. The maximum Gasteiger partial charge on any atom is 0.230 e. The summed E-state index contributed by atoms with van der Waals surface area (Å²) >= 11 is 0. The first-order valence-corrected chi connectivity index (χ1v) is 13.2. The summed E-state index contributed by atoms with van der Waals surface area (Å²) in [5.41, 5.74) is 5.23. The molecule has 2 aromatic heterocycles. The Labute approximate surface area is 217 Å². The number of carbonyl (C=O) groups is 1. The minimum Gasteiger partial charge on any atom is -0.481 e. The van der Waals surface area contributed by atoms with Gasteiger partial charge >= 0.3 is 0 Å². The van der Waals surface area contributed by atoms with Crippen molar-refractivity contribution in [3.05, 3.63) is 47.7 Å². The number of aromatic nitrogens is 3. The number of benzene rings is 1. The van der Waals surface area contributed by atoms with Crippen LogP contribution in [0.25, 0.3) is 11.3 Å². The molecule has 0 bridgehead atoms. The Morgan fingerprint density at radius 3 is 2.62 bits per heavy atom. The number of nitrogens with one attached hydrogen (secondary N) is 1. The Morgan fingerprint density at radius 2 is 1.84 bits per heavy atom. The molecule has 3 aliphatic heterocycles. The average Bonchev–Trinajstić information content (AvgIpc) is 3.32. The fourth-order valence-corrected chi connectivity index (χ4v) is 5.64. The number of nitrogens with zero attached hydrogens (tertiary/aromatic N) is 5. The van der Waals surface area contributed by atoms with E-state index in [4.69, 9.17) is 14.5 Å². The topological polar surface area (TPSA) is 86.8 Å². The van der Waals surface area contributed by atoms with Crippen LogP contribution < -0.4 is 19.4 Å². The minimum atomic E-state index is -0.00989. The van der Waals surface area contributed by atoms with E-state index in [1.54, 1.807) is 7.11 Å². The molecule has 0 spiro atoms. The predicted molar refractivity (Wildman–Crippen MR) is 144 cm³/mol. The molecule has 1 N–H and O–H groups in total. The number of aromatic amines is 1. The zero-order valence-electron chi connectivity index (χ0n) is 21.6. The first-order chi connectivity index (χ1) is 18.1. The van der Waals surface area contributed by atoms with Crippen LogP contribution in [0.4, 0.5) is 17.5 Å². The van der Waals surface area contributed by atoms with Gasteiger partial charge in [0.1, 0.15) is 5.82 Å². The van der Waals surface area contributed by atoms with Gasteiger partial charge in [-0.2, -0.15) is 4.98 Å². The fourth-order valence-electron chi connectivity index (χ4n) is 5.64. The monoisotopic (exact) mass is 502 g/mol. The van der Waals surface area contributed by atoms with Crippen molar-refractivity contribution in [2.24, 2.45) is 5.92 Å². The van der Waals surface area contributed by atoms with Gasteiger partial charge in [0.05, 0.1) is 31.7 Å². The quantitative estimate of drug-likeness (QED) is 0.585. The molecule has 194 valence electrons. The molecule has 1 aromatic carbocycles. The second-order valence-corrected chi connectivity index (χ2v) is 10.0. The lowest BCUT2D eigenvalue weighted by molar-refractivity contribution is -0.123. The highest BCUT2D eigenvalue weighted by molar-refractivity contribution is 6.00. The average molecular weight is 503 g/mol. The smallest absolute Gasteiger partial charge is 0.230 e. The number of H-pyrrole nitrogens is 1. The number of morpholine rings is 1. The fraction of sp³-hybridized carbons (Fsp3) is 0.464. The van der Waals surface area contributed by atoms with Crippen LogP contribution in [0.15, 0.2) is 36.4 Å². The SMILES string of the molecule is COc1cccc(N2CCC(C(=O)N3CCc4[nH]c(N5CCOCC5)nc4-c4cc(C)ccc43)CC2)n1. The van der Waals surface area contributed by atoms with Gasteiger partial charge in [0, 0.05) is 62.4 Å². The third kappa shape index (κ3) is 4.64. The molecule has 5 heterocycles. The Balaban J connectivity index is 1.22. The molecular weight excluding hydrogens is 468 g/mol. The number of hydrogen-bond acceptors (Lipinski definition) is 7. The van der Waals surface area contributed by atoms with Gasteiger partial charge in [0.25, 0.3) is 0 Å². The summed E-state index contributed by atoms with van der Waals surface area (Å²) in [7, 11) is 1.63. The molecule has 0 atom stereocenters. The Hall–Kier alpha value is -3.59. The summed E-state index contributed by atoms with van der Waals surface area (Å²) in [6.07, 6.45) is 2.36. The third-order valence-electron chi connectivity index (χ3n) is 7.71. The minimum absolute atomic E-state index is 0.00989. The molecule has 2 fully saturated rings. The molecule has 9 nitrogen and oxygen atoms in total. The van der Waals surface area contributed by atoms with Crippen LogP contribution in [0.5, 0.6) is 5.88 Å². The van der Waals surface area contributed by atoms with Gasteiger partial charge in [-0.05, 0) is 38.0 Å². The first kappa shape index (κ1) is 23.8. The lowest BCUT2D eigenvalue weighted by Gasteiger charge is -2.35. The summed E-state index contributed by atoms with van der Waals surface area (Å²) in [4.78, 5) is 33.6. The zero-order chi connectivity index (χ0) is 25.4. The van der Waals surface area contributed by atoms with Crippen molar-refractivity contribution in [2.75, 3.05) is 67.7 Å². The number of ether oxygens (including phenoxy) is 2. The molecule has 0 radical (unpaired) electrons. The highest BCUT2D eigenvalue weighted by Gasteiger charge is 2.33. The van der Waals surface area contributed by atoms with Crippen molar-refractivity contribution in [3.63, 3.8) is 0 Å². The number of piperidine rings is 1. The Bertz CT molecular complexity index is 1280. The van der Waals surface area contributed by atoms with Crippen LogP contribution >= 0.6 is 0 Å². The first-order valence-electron chi connectivity index (χ1n) is 13.2. The number of anilines is 3. The predicted octanol–water partition coefficient (Wildman–Crippen LogP) is 3.43. The van der Waals surface area contributed by atoms with Crippen LogP contribution in [0.2, 0.25) is 0 Å². The van der Waals surface area contributed by atoms with Gasteiger partial charge in [-0.15, -0.1) is 0 Å². The van der Waals surface area contributed by atoms with Crippen molar-refractivity contribution in [1.82, 2.24) is 15.0 Å². The number of fused-ring (bicyclic) bond motifs is 3. The van der Waals surface area contributed by atoms with Crippen molar-refractivity contribution >= 4 is 23.4 Å². The van der Waals surface area contributed by atoms with Crippen LogP contribution in [0, 0.1) is 12.8 Å². The number of amides is 1. The molecule has 1 amide bonds. The summed E-state index contributed by atoms with van der Waals surface area (Å²) in [6.45, 7) is 7.44. The van der Waals surface area contributed by atoms with Gasteiger partial charge in [-0.25, -0.2) is 4.98 Å².